The molecule has 1 saturated heterocycles. The van der Waals surface area contributed by atoms with Crippen molar-refractivity contribution in [2.24, 2.45) is 10.4 Å². The third-order valence-electron chi connectivity index (χ3n) is 4.35. The molecule has 4 N–H and O–H groups in total. The van der Waals surface area contributed by atoms with E-state index in [2.05, 4.69) is 9.98 Å². The molecule has 0 spiro atoms. The number of aliphatic hydroxyl groups is 2. The van der Waals surface area contributed by atoms with Crippen LogP contribution >= 0.6 is 0 Å². The van der Waals surface area contributed by atoms with Gasteiger partial charge in [0, 0.05) is 0 Å². The summed E-state index contributed by atoms with van der Waals surface area (Å²) in [4.78, 5) is 18.7. The smallest absolute Gasteiger partial charge is 0.311 e. The summed E-state index contributed by atoms with van der Waals surface area (Å²) in [6.07, 6.45) is -3.14. The highest BCUT2D eigenvalue weighted by Gasteiger charge is 2.57. The Kier molecular flexibility index (Phi) is 5.85. The lowest BCUT2D eigenvalue weighted by Crippen LogP contribution is -2.40. The summed E-state index contributed by atoms with van der Waals surface area (Å²) in [6.45, 7) is 6.45. The van der Waals surface area contributed by atoms with E-state index in [1.807, 2.05) is 6.07 Å². The highest BCUT2D eigenvalue weighted by molar-refractivity contribution is 6.00. The lowest BCUT2D eigenvalue weighted by atomic mass is 9.93. The van der Waals surface area contributed by atoms with Crippen molar-refractivity contribution in [3.63, 3.8) is 0 Å². The van der Waals surface area contributed by atoms with Gasteiger partial charge in [0.2, 0.25) is 5.60 Å². The normalized spacial score (nSPS) is 28.6. The van der Waals surface area contributed by atoms with Gasteiger partial charge in [0.15, 0.2) is 0 Å². The van der Waals surface area contributed by atoms with E-state index in [0.29, 0.717) is 11.4 Å². The second-order valence-electron chi connectivity index (χ2n) is 7.42. The van der Waals surface area contributed by atoms with Gasteiger partial charge in [0.05, 0.1) is 22.5 Å². The van der Waals surface area contributed by atoms with Crippen LogP contribution < -0.4 is 0 Å². The van der Waals surface area contributed by atoms with E-state index >= 15 is 0 Å². The summed E-state index contributed by atoms with van der Waals surface area (Å²) in [5.74, 6) is -0.483. The van der Waals surface area contributed by atoms with Crippen molar-refractivity contribution < 1.29 is 24.5 Å². The molecule has 2 heterocycles. The highest BCUT2D eigenvalue weighted by atomic mass is 16.6. The van der Waals surface area contributed by atoms with E-state index in [0.717, 1.165) is 6.34 Å². The highest BCUT2D eigenvalue weighted by Crippen LogP contribution is 2.39. The lowest BCUT2D eigenvalue weighted by Gasteiger charge is -2.23. The number of hydrogen-bond acceptors (Lipinski definition) is 7. The molecule has 0 bridgehead atoms. The minimum absolute atomic E-state index is 0.232. The number of ether oxygens (including phenoxy) is 2. The molecule has 0 aliphatic carbocycles. The summed E-state index contributed by atoms with van der Waals surface area (Å²) in [7, 11) is 0. The number of aliphatic hydroxyl groups excluding tert-OH is 2. The molecular weight excluding hydrogens is 352 g/mol. The average molecular weight is 376 g/mol. The van der Waals surface area contributed by atoms with E-state index in [-0.39, 0.29) is 12.3 Å². The quantitative estimate of drug-likeness (QED) is 0.340. The fourth-order valence-corrected chi connectivity index (χ4v) is 2.69. The summed E-state index contributed by atoms with van der Waals surface area (Å²) in [5, 5.41) is 37.5. The summed E-state index contributed by atoms with van der Waals surface area (Å²) in [5.41, 5.74) is -1.30. The number of hydrogen-bond donors (Lipinski definition) is 4. The maximum absolute atomic E-state index is 11.9. The molecule has 4 atom stereocenters. The number of aromatic nitrogens is 1. The van der Waals surface area contributed by atoms with Crippen molar-refractivity contribution in [3.05, 3.63) is 23.5 Å². The van der Waals surface area contributed by atoms with Crippen LogP contribution in [0.5, 0.6) is 0 Å². The van der Waals surface area contributed by atoms with Crippen LogP contribution in [0.2, 0.25) is 0 Å². The molecule has 146 valence electrons. The Morgan fingerprint density at radius 3 is 2.74 bits per heavy atom. The van der Waals surface area contributed by atoms with Gasteiger partial charge >= 0.3 is 5.97 Å². The zero-order valence-corrected chi connectivity index (χ0v) is 15.7. The monoisotopic (exact) mass is 376 g/mol. The Balaban J connectivity index is 2.25. The molecule has 1 unspecified atom stereocenters. The van der Waals surface area contributed by atoms with E-state index in [1.165, 1.54) is 0 Å². The summed E-state index contributed by atoms with van der Waals surface area (Å²) >= 11 is 0. The SMILES string of the molecule is CC(=NC=N)c1ccc([C@]2(C#N)OC(COC(=O)C(C)(C)C)[C@@H](O)[C@H]2O)[nH]1. The predicted octanol–water partition coefficient (Wildman–Crippen LogP) is 0.860. The molecule has 1 aliphatic rings. The number of nitrogens with zero attached hydrogens (tertiary/aromatic N) is 2. The minimum Gasteiger partial charge on any atom is -0.462 e. The Bertz CT molecular complexity index is 788. The largest absolute Gasteiger partial charge is 0.462 e. The molecule has 0 amide bonds. The van der Waals surface area contributed by atoms with Gasteiger partial charge in [-0.15, -0.1) is 0 Å². The summed E-state index contributed by atoms with van der Waals surface area (Å²) in [6, 6.07) is 5.09. The first-order valence-electron chi connectivity index (χ1n) is 8.42. The van der Waals surface area contributed by atoms with Gasteiger partial charge in [-0.25, -0.2) is 4.99 Å². The van der Waals surface area contributed by atoms with Crippen LogP contribution in [0.4, 0.5) is 0 Å². The van der Waals surface area contributed by atoms with Gasteiger partial charge in [-0.1, -0.05) is 0 Å². The molecule has 2 rings (SSSR count). The zero-order chi connectivity index (χ0) is 20.4. The Hall–Kier alpha value is -2.54. The number of nitriles is 1. The lowest BCUT2D eigenvalue weighted by molar-refractivity contribution is -0.159. The van der Waals surface area contributed by atoms with Crippen LogP contribution in [0.25, 0.3) is 0 Å². The average Bonchev–Trinajstić information content (AvgIpc) is 3.18. The number of aromatic amines is 1. The van der Waals surface area contributed by atoms with Crippen LogP contribution in [-0.2, 0) is 19.9 Å². The first-order valence-corrected chi connectivity index (χ1v) is 8.42. The van der Waals surface area contributed by atoms with Gasteiger partial charge in [0.25, 0.3) is 0 Å². The summed E-state index contributed by atoms with van der Waals surface area (Å²) < 4.78 is 10.8. The molecule has 1 aromatic heterocycles. The van der Waals surface area contributed by atoms with Crippen LogP contribution in [0, 0.1) is 22.2 Å². The fraction of sp³-hybridized carbons (Fsp3) is 0.556. The van der Waals surface area contributed by atoms with Crippen molar-refractivity contribution in [1.29, 1.82) is 10.7 Å². The van der Waals surface area contributed by atoms with Gasteiger partial charge in [-0.3, -0.25) is 10.2 Å². The van der Waals surface area contributed by atoms with Crippen molar-refractivity contribution in [3.8, 4) is 6.07 Å². The Morgan fingerprint density at radius 2 is 2.19 bits per heavy atom. The molecule has 9 heteroatoms. The molecule has 1 fully saturated rings. The second-order valence-corrected chi connectivity index (χ2v) is 7.42. The topological polar surface area (TPSA) is 152 Å². The zero-order valence-electron chi connectivity index (χ0n) is 15.7. The van der Waals surface area contributed by atoms with Gasteiger partial charge in [-0.05, 0) is 39.8 Å². The fourth-order valence-electron chi connectivity index (χ4n) is 2.69. The molecule has 1 aliphatic heterocycles. The molecule has 9 nitrogen and oxygen atoms in total. The van der Waals surface area contributed by atoms with Crippen LogP contribution in [0.3, 0.4) is 0 Å². The number of aliphatic imine (C=N–C) groups is 1. The van der Waals surface area contributed by atoms with Crippen LogP contribution in [0.1, 0.15) is 39.1 Å². The molecule has 0 radical (unpaired) electrons. The van der Waals surface area contributed by atoms with Crippen LogP contribution in [-0.4, -0.2) is 58.1 Å². The molecule has 0 aromatic carbocycles. The standard InChI is InChI=1S/C18H24N4O5/c1-10(21-9-20)11-5-6-13(22-11)18(8-19)15(24)14(23)12(27-18)7-26-16(25)17(2,3)4/h5-6,9,12,14-15,20,22-24H,7H2,1-4H3/t12?,14-,15-,18+/m1/s1. The number of nitrogens with one attached hydrogen (secondary N) is 2. The van der Waals surface area contributed by atoms with Gasteiger partial charge in [0.1, 0.15) is 37.3 Å². The van der Waals surface area contributed by atoms with Crippen molar-refractivity contribution >= 4 is 18.0 Å². The van der Waals surface area contributed by atoms with Crippen molar-refractivity contribution in [2.75, 3.05) is 6.61 Å². The molecule has 27 heavy (non-hydrogen) atoms. The Labute approximate surface area is 157 Å². The Morgan fingerprint density at radius 1 is 1.52 bits per heavy atom. The number of esters is 1. The molecule has 1 aromatic rings. The number of carbonyl (C=O) groups excluding carboxylic acids is 1. The number of rotatable bonds is 5. The van der Waals surface area contributed by atoms with Crippen molar-refractivity contribution in [1.82, 2.24) is 4.98 Å². The number of H-pyrrole nitrogens is 1. The first-order chi connectivity index (χ1) is 12.6. The van der Waals surface area contributed by atoms with E-state index in [1.54, 1.807) is 39.8 Å². The van der Waals surface area contributed by atoms with E-state index in [9.17, 15) is 20.3 Å². The van der Waals surface area contributed by atoms with Crippen LogP contribution in [0.15, 0.2) is 17.1 Å². The van der Waals surface area contributed by atoms with E-state index in [4.69, 9.17) is 14.9 Å². The molecular formula is C18H24N4O5. The first kappa shape index (κ1) is 20.8. The second kappa shape index (κ2) is 7.60. The minimum atomic E-state index is -1.85. The van der Waals surface area contributed by atoms with Gasteiger partial charge < -0.3 is 24.7 Å². The maximum atomic E-state index is 11.9. The third-order valence-corrected chi connectivity index (χ3v) is 4.35. The number of carbonyl (C=O) groups is 1. The van der Waals surface area contributed by atoms with E-state index < -0.39 is 35.3 Å². The predicted molar refractivity (Wildman–Crippen MR) is 96.4 cm³/mol. The molecule has 0 saturated carbocycles. The third kappa shape index (κ3) is 3.93. The maximum Gasteiger partial charge on any atom is 0.311 e. The van der Waals surface area contributed by atoms with Gasteiger partial charge in [-0.2, -0.15) is 5.26 Å². The van der Waals surface area contributed by atoms with Crippen molar-refractivity contribution in [2.45, 2.75) is 51.6 Å².